The van der Waals surface area contributed by atoms with Crippen LogP contribution in [0.2, 0.25) is 0 Å². The fourth-order valence-corrected chi connectivity index (χ4v) is 3.73. The summed E-state index contributed by atoms with van der Waals surface area (Å²) in [5.41, 5.74) is 6.91. The Kier molecular flexibility index (Phi) is 4.10. The number of piperidine rings is 1. The zero-order chi connectivity index (χ0) is 15.7. The minimum Gasteiger partial charge on any atom is -0.338 e. The van der Waals surface area contributed by atoms with Crippen molar-refractivity contribution in [1.82, 2.24) is 9.47 Å². The van der Waals surface area contributed by atoms with Gasteiger partial charge in [-0.3, -0.25) is 4.79 Å². The molecule has 4 nitrogen and oxygen atoms in total. The van der Waals surface area contributed by atoms with Crippen molar-refractivity contribution in [3.05, 3.63) is 46.4 Å². The molecule has 0 aliphatic carbocycles. The maximum Gasteiger partial charge on any atom is 0.270 e. The van der Waals surface area contributed by atoms with E-state index in [2.05, 4.69) is 25.3 Å². The Morgan fingerprint density at radius 1 is 1.41 bits per heavy atom. The summed E-state index contributed by atoms with van der Waals surface area (Å²) in [6.07, 6.45) is 2.85. The number of thiophene rings is 1. The number of hydrogen-bond donors (Lipinski definition) is 1. The predicted molar refractivity (Wildman–Crippen MR) is 90.1 cm³/mol. The lowest BCUT2D eigenvalue weighted by Gasteiger charge is -2.42. The van der Waals surface area contributed by atoms with Crippen molar-refractivity contribution >= 4 is 17.2 Å². The number of carbonyl (C=O) groups is 1. The van der Waals surface area contributed by atoms with Crippen molar-refractivity contribution in [3.8, 4) is 0 Å². The molecule has 1 amide bonds. The second-order valence-electron chi connectivity index (χ2n) is 6.71. The monoisotopic (exact) mass is 317 g/mol. The van der Waals surface area contributed by atoms with E-state index in [9.17, 15) is 4.79 Å². The molecular weight excluding hydrogens is 294 g/mol. The van der Waals surface area contributed by atoms with Crippen LogP contribution in [0.5, 0.6) is 0 Å². The molecule has 0 radical (unpaired) electrons. The van der Waals surface area contributed by atoms with Gasteiger partial charge in [0, 0.05) is 30.2 Å². The smallest absolute Gasteiger partial charge is 0.270 e. The molecule has 1 aliphatic rings. The highest BCUT2D eigenvalue weighted by atomic mass is 32.1. The van der Waals surface area contributed by atoms with E-state index in [1.165, 1.54) is 4.88 Å². The van der Waals surface area contributed by atoms with Crippen molar-refractivity contribution in [2.24, 2.45) is 11.1 Å². The van der Waals surface area contributed by atoms with Crippen LogP contribution in [-0.2, 0) is 6.54 Å². The van der Waals surface area contributed by atoms with Gasteiger partial charge in [-0.15, -0.1) is 11.3 Å². The van der Waals surface area contributed by atoms with Gasteiger partial charge in [0.05, 0.1) is 6.54 Å². The third-order valence-electron chi connectivity index (χ3n) is 4.55. The first-order valence-corrected chi connectivity index (χ1v) is 8.58. The van der Waals surface area contributed by atoms with Crippen LogP contribution < -0.4 is 5.73 Å². The summed E-state index contributed by atoms with van der Waals surface area (Å²) in [6, 6.07) is 8.16. The number of aromatic nitrogens is 1. The molecular formula is C17H23N3OS. The zero-order valence-corrected chi connectivity index (χ0v) is 14.0. The summed E-state index contributed by atoms with van der Waals surface area (Å²) in [4.78, 5) is 16.1. The van der Waals surface area contributed by atoms with Gasteiger partial charge in [0.1, 0.15) is 5.69 Å². The molecule has 0 bridgehead atoms. The van der Waals surface area contributed by atoms with Crippen molar-refractivity contribution in [2.45, 2.75) is 32.9 Å². The van der Waals surface area contributed by atoms with E-state index in [-0.39, 0.29) is 17.4 Å². The van der Waals surface area contributed by atoms with E-state index < -0.39 is 0 Å². The second-order valence-corrected chi connectivity index (χ2v) is 7.74. The highest BCUT2D eigenvalue weighted by Crippen LogP contribution is 2.28. The van der Waals surface area contributed by atoms with E-state index in [0.29, 0.717) is 0 Å². The van der Waals surface area contributed by atoms with Gasteiger partial charge in [0.15, 0.2) is 0 Å². The van der Waals surface area contributed by atoms with Gasteiger partial charge in [-0.1, -0.05) is 19.9 Å². The highest BCUT2D eigenvalue weighted by Gasteiger charge is 2.36. The standard InChI is InChI=1S/C17H23N3OS/c1-17(2)12-20(9-7-15(17)18)16(21)14-6-3-8-19(14)11-13-5-4-10-22-13/h3-6,8,10,15H,7,9,11-12,18H2,1-2H3. The third-order valence-corrected chi connectivity index (χ3v) is 5.42. The van der Waals surface area contributed by atoms with Crippen LogP contribution in [0.25, 0.3) is 0 Å². The van der Waals surface area contributed by atoms with Crippen LogP contribution in [0.4, 0.5) is 0 Å². The Hall–Kier alpha value is -1.59. The van der Waals surface area contributed by atoms with E-state index in [1.54, 1.807) is 11.3 Å². The van der Waals surface area contributed by atoms with Crippen molar-refractivity contribution in [1.29, 1.82) is 0 Å². The zero-order valence-electron chi connectivity index (χ0n) is 13.2. The van der Waals surface area contributed by atoms with Crippen LogP contribution >= 0.6 is 11.3 Å². The molecule has 2 aromatic heterocycles. The van der Waals surface area contributed by atoms with E-state index in [0.717, 1.165) is 31.7 Å². The first-order chi connectivity index (χ1) is 10.5. The molecule has 1 atom stereocenters. The molecule has 2 aromatic rings. The molecule has 118 valence electrons. The molecule has 5 heteroatoms. The Morgan fingerprint density at radius 3 is 2.91 bits per heavy atom. The Balaban J connectivity index is 1.77. The van der Waals surface area contributed by atoms with Gasteiger partial charge >= 0.3 is 0 Å². The summed E-state index contributed by atoms with van der Waals surface area (Å²) in [6.45, 7) is 6.50. The Bertz CT molecular complexity index is 645. The molecule has 1 saturated heterocycles. The normalized spacial score (nSPS) is 21.0. The second kappa shape index (κ2) is 5.89. The molecule has 2 N–H and O–H groups in total. The van der Waals surface area contributed by atoms with Crippen LogP contribution in [0.1, 0.15) is 35.6 Å². The molecule has 0 spiro atoms. The largest absolute Gasteiger partial charge is 0.338 e. The average molecular weight is 317 g/mol. The molecule has 0 aromatic carbocycles. The van der Waals surface area contributed by atoms with Crippen LogP contribution in [-0.4, -0.2) is 34.5 Å². The number of likely N-dealkylation sites (tertiary alicyclic amines) is 1. The van der Waals surface area contributed by atoms with Crippen molar-refractivity contribution in [3.63, 3.8) is 0 Å². The van der Waals surface area contributed by atoms with Gasteiger partial charge < -0.3 is 15.2 Å². The van der Waals surface area contributed by atoms with Gasteiger partial charge in [-0.2, -0.15) is 0 Å². The molecule has 1 fully saturated rings. The number of nitrogens with two attached hydrogens (primary N) is 1. The maximum atomic E-state index is 12.9. The van der Waals surface area contributed by atoms with Gasteiger partial charge in [0.25, 0.3) is 5.91 Å². The quantitative estimate of drug-likeness (QED) is 0.946. The summed E-state index contributed by atoms with van der Waals surface area (Å²) >= 11 is 1.71. The Labute approximate surface area is 135 Å². The number of nitrogens with zero attached hydrogens (tertiary/aromatic N) is 2. The topological polar surface area (TPSA) is 51.3 Å². The summed E-state index contributed by atoms with van der Waals surface area (Å²) in [7, 11) is 0. The molecule has 22 heavy (non-hydrogen) atoms. The highest BCUT2D eigenvalue weighted by molar-refractivity contribution is 7.09. The van der Waals surface area contributed by atoms with Crippen molar-refractivity contribution in [2.75, 3.05) is 13.1 Å². The predicted octanol–water partition coefficient (Wildman–Crippen LogP) is 2.80. The first kappa shape index (κ1) is 15.3. The Morgan fingerprint density at radius 2 is 2.23 bits per heavy atom. The number of rotatable bonds is 3. The summed E-state index contributed by atoms with van der Waals surface area (Å²) < 4.78 is 2.04. The molecule has 3 rings (SSSR count). The maximum absolute atomic E-state index is 12.9. The third kappa shape index (κ3) is 2.96. The number of hydrogen-bond acceptors (Lipinski definition) is 3. The summed E-state index contributed by atoms with van der Waals surface area (Å²) in [5, 5.41) is 2.06. The number of amides is 1. The lowest BCUT2D eigenvalue weighted by Crippen LogP contribution is -2.54. The first-order valence-electron chi connectivity index (χ1n) is 7.70. The van der Waals surface area contributed by atoms with Gasteiger partial charge in [0.2, 0.25) is 0 Å². The fraction of sp³-hybridized carbons (Fsp3) is 0.471. The van der Waals surface area contributed by atoms with Gasteiger partial charge in [-0.05, 0) is 35.4 Å². The van der Waals surface area contributed by atoms with Crippen LogP contribution in [0.15, 0.2) is 35.8 Å². The molecule has 3 heterocycles. The average Bonchev–Trinajstić information content (AvgIpc) is 3.13. The van der Waals surface area contributed by atoms with Crippen LogP contribution in [0, 0.1) is 5.41 Å². The van der Waals surface area contributed by atoms with Gasteiger partial charge in [-0.25, -0.2) is 0 Å². The molecule has 1 unspecified atom stereocenters. The van der Waals surface area contributed by atoms with Crippen LogP contribution in [0.3, 0.4) is 0 Å². The number of carbonyl (C=O) groups excluding carboxylic acids is 1. The SMILES string of the molecule is CC1(C)CN(C(=O)c2cccn2Cc2cccs2)CCC1N. The lowest BCUT2D eigenvalue weighted by atomic mass is 9.79. The fourth-order valence-electron chi connectivity index (χ4n) is 3.03. The minimum atomic E-state index is -0.0287. The van der Waals surface area contributed by atoms with E-state index >= 15 is 0 Å². The molecule has 0 saturated carbocycles. The lowest BCUT2D eigenvalue weighted by molar-refractivity contribution is 0.0523. The summed E-state index contributed by atoms with van der Waals surface area (Å²) in [5.74, 6) is 0.113. The molecule has 1 aliphatic heterocycles. The van der Waals surface area contributed by atoms with E-state index in [4.69, 9.17) is 5.73 Å². The van der Waals surface area contributed by atoms with E-state index in [1.807, 2.05) is 33.9 Å². The minimum absolute atomic E-state index is 0.0287. The van der Waals surface area contributed by atoms with Crippen molar-refractivity contribution < 1.29 is 4.79 Å².